The largest absolute Gasteiger partial charge is 0.462 e. The SMILES string of the molecule is C/C=C1/CCC2C3CC=C4CC(OC(C)=O)CCC4(C)C3CCC12C. The van der Waals surface area contributed by atoms with E-state index in [0.29, 0.717) is 10.8 Å². The summed E-state index contributed by atoms with van der Waals surface area (Å²) in [7, 11) is 0. The first-order valence-corrected chi connectivity index (χ1v) is 10.4. The number of esters is 1. The molecule has 0 aromatic rings. The molecule has 0 bridgehead atoms. The molecule has 138 valence electrons. The lowest BCUT2D eigenvalue weighted by Gasteiger charge is -2.57. The summed E-state index contributed by atoms with van der Waals surface area (Å²) in [6, 6.07) is 0. The van der Waals surface area contributed by atoms with Crippen molar-refractivity contribution in [2.24, 2.45) is 28.6 Å². The molecule has 0 heterocycles. The summed E-state index contributed by atoms with van der Waals surface area (Å²) in [5.41, 5.74) is 4.14. The zero-order valence-corrected chi connectivity index (χ0v) is 16.4. The van der Waals surface area contributed by atoms with E-state index in [2.05, 4.69) is 32.9 Å². The van der Waals surface area contributed by atoms with E-state index >= 15 is 0 Å². The van der Waals surface area contributed by atoms with Crippen molar-refractivity contribution in [1.82, 2.24) is 0 Å². The van der Waals surface area contributed by atoms with Gasteiger partial charge in [-0.25, -0.2) is 0 Å². The summed E-state index contributed by atoms with van der Waals surface area (Å²) in [4.78, 5) is 11.4. The Hall–Kier alpha value is -1.05. The van der Waals surface area contributed by atoms with Gasteiger partial charge in [-0.2, -0.15) is 0 Å². The molecular weight excluding hydrogens is 308 g/mol. The second-order valence-electron chi connectivity index (χ2n) is 9.54. The Balaban J connectivity index is 1.60. The topological polar surface area (TPSA) is 26.3 Å². The Kier molecular flexibility index (Phi) is 4.16. The molecule has 2 nitrogen and oxygen atoms in total. The number of carbonyl (C=O) groups excluding carboxylic acids is 1. The average molecular weight is 343 g/mol. The lowest BCUT2D eigenvalue weighted by Crippen LogP contribution is -2.49. The van der Waals surface area contributed by atoms with E-state index in [1.807, 2.05) is 0 Å². The molecule has 0 aliphatic heterocycles. The van der Waals surface area contributed by atoms with Crippen LogP contribution in [0.2, 0.25) is 0 Å². The number of rotatable bonds is 1. The lowest BCUT2D eigenvalue weighted by atomic mass is 9.48. The van der Waals surface area contributed by atoms with Gasteiger partial charge in [-0.3, -0.25) is 4.79 Å². The maximum atomic E-state index is 11.4. The van der Waals surface area contributed by atoms with Gasteiger partial charge in [-0.1, -0.05) is 37.1 Å². The monoisotopic (exact) mass is 342 g/mol. The van der Waals surface area contributed by atoms with Gasteiger partial charge in [0, 0.05) is 13.3 Å². The molecule has 2 heteroatoms. The Bertz CT molecular complexity index is 630. The van der Waals surface area contributed by atoms with Crippen LogP contribution in [0.4, 0.5) is 0 Å². The average Bonchev–Trinajstić information content (AvgIpc) is 2.91. The maximum Gasteiger partial charge on any atom is 0.302 e. The van der Waals surface area contributed by atoms with Gasteiger partial charge in [0.15, 0.2) is 0 Å². The van der Waals surface area contributed by atoms with E-state index in [9.17, 15) is 4.79 Å². The summed E-state index contributed by atoms with van der Waals surface area (Å²) in [6.07, 6.45) is 15.0. The summed E-state index contributed by atoms with van der Waals surface area (Å²) in [6.45, 7) is 8.86. The minimum atomic E-state index is -0.124. The molecule has 0 N–H and O–H groups in total. The smallest absolute Gasteiger partial charge is 0.302 e. The van der Waals surface area contributed by atoms with Crippen LogP contribution in [0.25, 0.3) is 0 Å². The Morgan fingerprint density at radius 2 is 1.88 bits per heavy atom. The molecule has 0 aromatic carbocycles. The van der Waals surface area contributed by atoms with E-state index in [0.717, 1.165) is 30.6 Å². The van der Waals surface area contributed by atoms with Crippen molar-refractivity contribution >= 4 is 5.97 Å². The highest BCUT2D eigenvalue weighted by molar-refractivity contribution is 5.66. The van der Waals surface area contributed by atoms with E-state index in [4.69, 9.17) is 4.74 Å². The van der Waals surface area contributed by atoms with Gasteiger partial charge in [0.25, 0.3) is 0 Å². The molecule has 6 atom stereocenters. The molecule has 0 spiro atoms. The van der Waals surface area contributed by atoms with Gasteiger partial charge < -0.3 is 4.74 Å². The first-order valence-electron chi connectivity index (χ1n) is 10.4. The molecule has 4 aliphatic carbocycles. The van der Waals surface area contributed by atoms with Crippen LogP contribution in [-0.2, 0) is 9.53 Å². The second kappa shape index (κ2) is 5.99. The number of hydrogen-bond donors (Lipinski definition) is 0. The van der Waals surface area contributed by atoms with Crippen LogP contribution < -0.4 is 0 Å². The summed E-state index contributed by atoms with van der Waals surface area (Å²) >= 11 is 0. The molecule has 4 rings (SSSR count). The first kappa shape index (κ1) is 17.4. The third-order valence-electron chi connectivity index (χ3n) is 8.59. The van der Waals surface area contributed by atoms with Crippen molar-refractivity contribution in [1.29, 1.82) is 0 Å². The van der Waals surface area contributed by atoms with E-state index in [1.165, 1.54) is 38.5 Å². The van der Waals surface area contributed by atoms with Crippen LogP contribution in [0.1, 0.15) is 79.1 Å². The molecular formula is C23H34O2. The number of ether oxygens (including phenoxy) is 1. The summed E-state index contributed by atoms with van der Waals surface area (Å²) in [5.74, 6) is 2.44. The van der Waals surface area contributed by atoms with E-state index < -0.39 is 0 Å². The molecule has 0 amide bonds. The van der Waals surface area contributed by atoms with Gasteiger partial charge in [-0.15, -0.1) is 0 Å². The minimum absolute atomic E-state index is 0.114. The maximum absolute atomic E-state index is 11.4. The van der Waals surface area contributed by atoms with Gasteiger partial charge in [0.05, 0.1) is 0 Å². The fourth-order valence-electron chi connectivity index (χ4n) is 7.28. The summed E-state index contributed by atoms with van der Waals surface area (Å²) in [5, 5.41) is 0. The zero-order valence-electron chi connectivity index (χ0n) is 16.4. The van der Waals surface area contributed by atoms with Crippen molar-refractivity contribution in [3.05, 3.63) is 23.3 Å². The standard InChI is InChI=1S/C23H34O2/c1-5-16-7-9-20-19-8-6-17-14-18(25-15(2)24)10-12-23(17,4)21(19)11-13-22(16,20)3/h5-6,18-21H,7-14H2,1-4H3/b16-5-. The van der Waals surface area contributed by atoms with Gasteiger partial charge in [-0.05, 0) is 80.5 Å². The van der Waals surface area contributed by atoms with E-state index in [-0.39, 0.29) is 12.1 Å². The number of allylic oxidation sites excluding steroid dienone is 3. The van der Waals surface area contributed by atoms with Crippen molar-refractivity contribution in [2.45, 2.75) is 85.2 Å². The quantitative estimate of drug-likeness (QED) is 0.443. The van der Waals surface area contributed by atoms with Crippen LogP contribution in [0.5, 0.6) is 0 Å². The second-order valence-corrected chi connectivity index (χ2v) is 9.54. The Morgan fingerprint density at radius 1 is 1.16 bits per heavy atom. The van der Waals surface area contributed by atoms with Gasteiger partial charge >= 0.3 is 5.97 Å². The minimum Gasteiger partial charge on any atom is -0.462 e. The molecule has 0 radical (unpaired) electrons. The van der Waals surface area contributed by atoms with Crippen LogP contribution in [0.3, 0.4) is 0 Å². The van der Waals surface area contributed by atoms with E-state index in [1.54, 1.807) is 18.1 Å². The zero-order chi connectivity index (χ0) is 17.8. The highest BCUT2D eigenvalue weighted by Crippen LogP contribution is 2.66. The number of hydrogen-bond acceptors (Lipinski definition) is 2. The highest BCUT2D eigenvalue weighted by atomic mass is 16.5. The molecule has 3 saturated carbocycles. The predicted molar refractivity (Wildman–Crippen MR) is 101 cm³/mol. The van der Waals surface area contributed by atoms with Crippen molar-refractivity contribution < 1.29 is 9.53 Å². The Morgan fingerprint density at radius 3 is 2.60 bits per heavy atom. The molecule has 3 fully saturated rings. The molecule has 25 heavy (non-hydrogen) atoms. The normalized spacial score (nSPS) is 47.5. The summed E-state index contributed by atoms with van der Waals surface area (Å²) < 4.78 is 5.55. The highest BCUT2D eigenvalue weighted by Gasteiger charge is 2.57. The molecule has 6 unspecified atom stereocenters. The third-order valence-corrected chi connectivity index (χ3v) is 8.59. The number of fused-ring (bicyclic) bond motifs is 5. The fourth-order valence-corrected chi connectivity index (χ4v) is 7.28. The van der Waals surface area contributed by atoms with Crippen LogP contribution in [0.15, 0.2) is 23.3 Å². The third kappa shape index (κ3) is 2.54. The molecule has 4 aliphatic rings. The Labute approximate surface area is 153 Å². The predicted octanol–water partition coefficient (Wildman–Crippen LogP) is 5.83. The fraction of sp³-hybridized carbons (Fsp3) is 0.783. The van der Waals surface area contributed by atoms with Crippen molar-refractivity contribution in [3.63, 3.8) is 0 Å². The lowest BCUT2D eigenvalue weighted by molar-refractivity contribution is -0.148. The van der Waals surface area contributed by atoms with Crippen LogP contribution in [0, 0.1) is 28.6 Å². The molecule has 0 aromatic heterocycles. The number of carbonyl (C=O) groups is 1. The molecule has 0 saturated heterocycles. The van der Waals surface area contributed by atoms with Crippen LogP contribution in [-0.4, -0.2) is 12.1 Å². The van der Waals surface area contributed by atoms with Crippen LogP contribution >= 0.6 is 0 Å². The van der Waals surface area contributed by atoms with Crippen molar-refractivity contribution in [3.8, 4) is 0 Å². The first-order chi connectivity index (χ1) is 11.9. The van der Waals surface area contributed by atoms with Gasteiger partial charge in [0.1, 0.15) is 6.10 Å². The van der Waals surface area contributed by atoms with Crippen molar-refractivity contribution in [2.75, 3.05) is 0 Å². The van der Waals surface area contributed by atoms with Gasteiger partial charge in [0.2, 0.25) is 0 Å².